The molecule has 0 aromatic heterocycles. The molecule has 0 aliphatic carbocycles. The van der Waals surface area contributed by atoms with Crippen molar-refractivity contribution in [2.45, 2.75) is 0 Å². The second-order valence-corrected chi connectivity index (χ2v) is 0.346. The van der Waals surface area contributed by atoms with E-state index in [1.54, 1.807) is 0 Å². The second-order valence-electron chi connectivity index (χ2n) is 0.346. The summed E-state index contributed by atoms with van der Waals surface area (Å²) in [5.74, 6) is 0. The first-order valence-corrected chi connectivity index (χ1v) is 0.775. The predicted molar refractivity (Wildman–Crippen MR) is 18.2 cm³/mol. The summed E-state index contributed by atoms with van der Waals surface area (Å²) >= 11 is 0. The molecule has 0 amide bonds. The maximum Gasteiger partial charge on any atom is 0.631 e. The fraction of sp³-hybridized carbons (Fsp3) is 0. The molecular formula is H3BKO3Pr. The van der Waals surface area contributed by atoms with Crippen molar-refractivity contribution in [3.63, 3.8) is 0 Å². The Hall–Kier alpha value is 2.94. The van der Waals surface area contributed by atoms with Gasteiger partial charge in [0.15, 0.2) is 0 Å². The Labute approximate surface area is 112 Å². The zero-order valence-corrected chi connectivity index (χ0v) is 10.3. The van der Waals surface area contributed by atoms with E-state index in [9.17, 15) is 0 Å². The number of rotatable bonds is 0. The van der Waals surface area contributed by atoms with Crippen LogP contribution in [0, 0.1) is 41.3 Å². The summed E-state index contributed by atoms with van der Waals surface area (Å²) in [7, 11) is -2.17. The van der Waals surface area contributed by atoms with E-state index in [0.717, 1.165) is 0 Å². The van der Waals surface area contributed by atoms with Gasteiger partial charge in [-0.2, -0.15) is 0 Å². The first-order chi connectivity index (χ1) is 1.73. The van der Waals surface area contributed by atoms with Gasteiger partial charge in [0.05, 0.1) is 0 Å². The molecule has 0 aromatic carbocycles. The van der Waals surface area contributed by atoms with Crippen LogP contribution in [0.15, 0.2) is 0 Å². The standard InChI is InChI=1S/BH3O3.K.Pr/c2-1(3)4;;/h2-4H;;. The molecule has 0 spiro atoms. The third-order valence-electron chi connectivity index (χ3n) is 0. The molecule has 0 heterocycles. The maximum absolute atomic E-state index is 7.17. The quantitative estimate of drug-likeness (QED) is 0.414. The van der Waals surface area contributed by atoms with Crippen molar-refractivity contribution in [3.05, 3.63) is 0 Å². The van der Waals surface area contributed by atoms with Gasteiger partial charge in [-0.1, -0.05) is 0 Å². The molecule has 0 unspecified atom stereocenters. The molecule has 2 radical (unpaired) electrons. The monoisotopic (exact) mass is 242 g/mol. The zero-order valence-electron chi connectivity index (χ0n) is 3.50. The molecule has 0 saturated heterocycles. The van der Waals surface area contributed by atoms with E-state index in [4.69, 9.17) is 15.1 Å². The average molecular weight is 242 g/mol. The molecule has 3 nitrogen and oxygen atoms in total. The van der Waals surface area contributed by atoms with Gasteiger partial charge in [-0.05, 0) is 0 Å². The Morgan fingerprint density at radius 1 is 1.00 bits per heavy atom. The maximum atomic E-state index is 7.17. The first kappa shape index (κ1) is 16.0. The molecule has 0 saturated carbocycles. The summed E-state index contributed by atoms with van der Waals surface area (Å²) < 4.78 is 0. The molecule has 0 rings (SSSR count). The molecule has 0 atom stereocenters. The Kier molecular flexibility index (Phi) is 28.9. The summed E-state index contributed by atoms with van der Waals surface area (Å²) in [6.07, 6.45) is 0. The first-order valence-electron chi connectivity index (χ1n) is 0.775. The fourth-order valence-corrected chi connectivity index (χ4v) is 0. The van der Waals surface area contributed by atoms with E-state index in [0.29, 0.717) is 0 Å². The third kappa shape index (κ3) is 28.3. The van der Waals surface area contributed by atoms with Crippen molar-refractivity contribution >= 4 is 58.7 Å². The molecule has 3 N–H and O–H groups in total. The average Bonchev–Trinajstić information content (AvgIpc) is 0.811. The van der Waals surface area contributed by atoms with Crippen molar-refractivity contribution < 1.29 is 56.4 Å². The van der Waals surface area contributed by atoms with Gasteiger partial charge in [0.25, 0.3) is 0 Å². The largest absolute Gasteiger partial charge is 0.631 e. The van der Waals surface area contributed by atoms with Crippen LogP contribution in [0.3, 0.4) is 0 Å². The smallest absolute Gasteiger partial charge is 0.402 e. The van der Waals surface area contributed by atoms with Crippen molar-refractivity contribution in [2.75, 3.05) is 0 Å². The van der Waals surface area contributed by atoms with Gasteiger partial charge in [-0.25, -0.2) is 0 Å². The van der Waals surface area contributed by atoms with Crippen LogP contribution in [0.5, 0.6) is 0 Å². The van der Waals surface area contributed by atoms with Crippen LogP contribution < -0.4 is 0 Å². The minimum absolute atomic E-state index is 0. The van der Waals surface area contributed by atoms with Gasteiger partial charge in [-0.15, -0.1) is 0 Å². The fourth-order valence-electron chi connectivity index (χ4n) is 0. The molecule has 0 aliphatic heterocycles. The summed E-state index contributed by atoms with van der Waals surface area (Å²) in [6, 6.07) is 0. The second kappa shape index (κ2) is 10.8. The number of hydrogen-bond acceptors (Lipinski definition) is 3. The van der Waals surface area contributed by atoms with Gasteiger partial charge >= 0.3 is 7.32 Å². The van der Waals surface area contributed by atoms with E-state index >= 15 is 0 Å². The predicted octanol–water partition coefficient (Wildman–Crippen LogP) is -2.43. The van der Waals surface area contributed by atoms with Crippen LogP contribution in [-0.4, -0.2) is 73.8 Å². The Morgan fingerprint density at radius 3 is 1.00 bits per heavy atom. The topological polar surface area (TPSA) is 60.7 Å². The van der Waals surface area contributed by atoms with E-state index in [1.807, 2.05) is 0 Å². The molecule has 28 valence electrons. The van der Waals surface area contributed by atoms with E-state index in [2.05, 4.69) is 0 Å². The van der Waals surface area contributed by atoms with E-state index < -0.39 is 7.32 Å². The van der Waals surface area contributed by atoms with Crippen LogP contribution in [0.4, 0.5) is 0 Å². The van der Waals surface area contributed by atoms with Crippen LogP contribution in [0.2, 0.25) is 0 Å². The summed E-state index contributed by atoms with van der Waals surface area (Å²) in [5, 5.41) is 21.5. The van der Waals surface area contributed by atoms with Crippen LogP contribution >= 0.6 is 0 Å². The van der Waals surface area contributed by atoms with Crippen molar-refractivity contribution in [2.24, 2.45) is 0 Å². The normalized spacial score (nSPS) is 4.50. The molecule has 0 bridgehead atoms. The molecule has 0 aromatic rings. The molecule has 0 aliphatic rings. The molecule has 6 heavy (non-hydrogen) atoms. The molecular weight excluding hydrogens is 239 g/mol. The number of hydrogen-bond donors (Lipinski definition) is 3. The van der Waals surface area contributed by atoms with Crippen LogP contribution in [0.25, 0.3) is 0 Å². The van der Waals surface area contributed by atoms with Crippen molar-refractivity contribution in [1.29, 1.82) is 0 Å². The Morgan fingerprint density at radius 2 is 1.00 bits per heavy atom. The van der Waals surface area contributed by atoms with Crippen molar-refractivity contribution in [3.8, 4) is 0 Å². The van der Waals surface area contributed by atoms with Crippen LogP contribution in [-0.2, 0) is 0 Å². The van der Waals surface area contributed by atoms with Gasteiger partial charge in [0.1, 0.15) is 0 Å². The minimum atomic E-state index is -2.17. The van der Waals surface area contributed by atoms with E-state index in [1.165, 1.54) is 0 Å². The summed E-state index contributed by atoms with van der Waals surface area (Å²) in [5.41, 5.74) is 0. The SMILES string of the molecule is OB(O)O.[K].[Pr]. The minimum Gasteiger partial charge on any atom is -0.402 e. The van der Waals surface area contributed by atoms with Gasteiger partial charge in [-0.3, -0.25) is 0 Å². The summed E-state index contributed by atoms with van der Waals surface area (Å²) in [6.45, 7) is 0. The van der Waals surface area contributed by atoms with Gasteiger partial charge in [0, 0.05) is 92.7 Å². The summed E-state index contributed by atoms with van der Waals surface area (Å²) in [4.78, 5) is 0. The van der Waals surface area contributed by atoms with Crippen LogP contribution in [0.1, 0.15) is 0 Å². The Balaban J connectivity index is -0.0000000450. The van der Waals surface area contributed by atoms with Crippen molar-refractivity contribution in [1.82, 2.24) is 0 Å². The van der Waals surface area contributed by atoms with Gasteiger partial charge in [0.2, 0.25) is 0 Å². The van der Waals surface area contributed by atoms with E-state index in [-0.39, 0.29) is 92.7 Å². The zero-order chi connectivity index (χ0) is 3.58. The van der Waals surface area contributed by atoms with Gasteiger partial charge < -0.3 is 15.1 Å². The third-order valence-corrected chi connectivity index (χ3v) is 0. The molecule has 0 fully saturated rings. The Bertz CT molecular complexity index is 15.5. The molecule has 6 heteroatoms.